The number of hydrogen-bond acceptors (Lipinski definition) is 5. The number of nitriles is 1. The molecule has 1 heterocycles. The molecule has 1 aromatic heterocycles. The van der Waals surface area contributed by atoms with E-state index in [-0.39, 0.29) is 23.5 Å². The minimum absolute atomic E-state index is 0.0223. The highest BCUT2D eigenvalue weighted by molar-refractivity contribution is 6.01. The summed E-state index contributed by atoms with van der Waals surface area (Å²) in [5, 5.41) is 12.3. The summed E-state index contributed by atoms with van der Waals surface area (Å²) < 4.78 is 10.7. The molecular weight excluding hydrogens is 368 g/mol. The van der Waals surface area contributed by atoms with Gasteiger partial charge in [-0.1, -0.05) is 31.4 Å². The Bertz CT molecular complexity index is 929. The third-order valence-electron chi connectivity index (χ3n) is 4.90. The lowest BCUT2D eigenvalue weighted by molar-refractivity contribution is -0.117. The summed E-state index contributed by atoms with van der Waals surface area (Å²) in [4.78, 5) is 24.1. The van der Waals surface area contributed by atoms with Crippen LogP contribution in [0.5, 0.6) is 0 Å². The van der Waals surface area contributed by atoms with Gasteiger partial charge in [-0.2, -0.15) is 5.26 Å². The van der Waals surface area contributed by atoms with E-state index in [0.29, 0.717) is 23.7 Å². The average Bonchev–Trinajstić information content (AvgIpc) is 3.21. The van der Waals surface area contributed by atoms with Crippen LogP contribution in [0.15, 0.2) is 46.4 Å². The van der Waals surface area contributed by atoms with Crippen molar-refractivity contribution in [1.29, 1.82) is 5.26 Å². The van der Waals surface area contributed by atoms with Gasteiger partial charge in [0.05, 0.1) is 12.2 Å². The molecule has 2 aromatic rings. The predicted octanol–water partition coefficient (Wildman–Crippen LogP) is 4.48. The first kappa shape index (κ1) is 20.4. The molecule has 29 heavy (non-hydrogen) atoms. The first-order valence-corrected chi connectivity index (χ1v) is 9.90. The molecule has 0 aliphatic heterocycles. The van der Waals surface area contributed by atoms with Crippen molar-refractivity contribution in [2.24, 2.45) is 0 Å². The van der Waals surface area contributed by atoms with Crippen LogP contribution in [0, 0.1) is 11.3 Å². The van der Waals surface area contributed by atoms with Crippen LogP contribution in [0.25, 0.3) is 17.4 Å². The van der Waals surface area contributed by atoms with Gasteiger partial charge in [-0.3, -0.25) is 4.79 Å². The van der Waals surface area contributed by atoms with Crippen molar-refractivity contribution in [1.82, 2.24) is 5.32 Å². The van der Waals surface area contributed by atoms with Crippen LogP contribution in [0.1, 0.15) is 55.1 Å². The highest BCUT2D eigenvalue weighted by atomic mass is 16.5. The van der Waals surface area contributed by atoms with E-state index in [1.54, 1.807) is 43.3 Å². The van der Waals surface area contributed by atoms with E-state index < -0.39 is 0 Å². The fourth-order valence-corrected chi connectivity index (χ4v) is 3.37. The monoisotopic (exact) mass is 392 g/mol. The Morgan fingerprint density at radius 1 is 1.17 bits per heavy atom. The predicted molar refractivity (Wildman–Crippen MR) is 109 cm³/mol. The fourth-order valence-electron chi connectivity index (χ4n) is 3.37. The molecule has 0 bridgehead atoms. The summed E-state index contributed by atoms with van der Waals surface area (Å²) in [6.45, 7) is 2.08. The summed E-state index contributed by atoms with van der Waals surface area (Å²) in [6.07, 6.45) is 6.77. The van der Waals surface area contributed by atoms with Gasteiger partial charge in [0.2, 0.25) is 0 Å². The van der Waals surface area contributed by atoms with E-state index in [1.807, 2.05) is 6.07 Å². The van der Waals surface area contributed by atoms with E-state index in [9.17, 15) is 14.9 Å². The second kappa shape index (κ2) is 9.74. The van der Waals surface area contributed by atoms with Crippen molar-refractivity contribution in [2.45, 2.75) is 45.1 Å². The number of ether oxygens (including phenoxy) is 1. The number of benzene rings is 1. The Morgan fingerprint density at radius 2 is 1.90 bits per heavy atom. The second-order valence-electron chi connectivity index (χ2n) is 6.98. The number of carbonyl (C=O) groups is 2. The van der Waals surface area contributed by atoms with Crippen LogP contribution < -0.4 is 5.32 Å². The fraction of sp³-hybridized carbons (Fsp3) is 0.348. The van der Waals surface area contributed by atoms with Crippen molar-refractivity contribution in [3.8, 4) is 17.4 Å². The molecule has 0 unspecified atom stereocenters. The molecule has 6 heteroatoms. The van der Waals surface area contributed by atoms with Crippen LogP contribution in [0.3, 0.4) is 0 Å². The standard InChI is InChI=1S/C23H24N2O4/c1-2-28-23(27)17-10-8-16(9-11-17)21-13-12-20(29-21)14-18(15-24)22(26)25-19-6-4-3-5-7-19/h8-14,19H,2-7H2,1H3,(H,25,26)/b18-14+. The first-order chi connectivity index (χ1) is 14.1. The van der Waals surface area contributed by atoms with Crippen molar-refractivity contribution >= 4 is 18.0 Å². The zero-order valence-corrected chi connectivity index (χ0v) is 16.4. The maximum atomic E-state index is 12.4. The Kier molecular flexibility index (Phi) is 6.85. The van der Waals surface area contributed by atoms with Crippen molar-refractivity contribution in [3.05, 3.63) is 53.3 Å². The molecule has 1 aliphatic rings. The lowest BCUT2D eigenvalue weighted by Crippen LogP contribution is -2.36. The first-order valence-electron chi connectivity index (χ1n) is 9.90. The number of hydrogen-bond donors (Lipinski definition) is 1. The lowest BCUT2D eigenvalue weighted by Gasteiger charge is -2.22. The highest BCUT2D eigenvalue weighted by Gasteiger charge is 2.18. The van der Waals surface area contributed by atoms with Crippen LogP contribution in [-0.4, -0.2) is 24.5 Å². The lowest BCUT2D eigenvalue weighted by atomic mass is 9.95. The number of rotatable bonds is 6. The number of amides is 1. The molecule has 0 radical (unpaired) electrons. The van der Waals surface area contributed by atoms with Crippen molar-refractivity contribution in [3.63, 3.8) is 0 Å². The van der Waals surface area contributed by atoms with Gasteiger partial charge >= 0.3 is 5.97 Å². The van der Waals surface area contributed by atoms with Gasteiger partial charge in [0.15, 0.2) is 0 Å². The number of furan rings is 1. The van der Waals surface area contributed by atoms with Crippen LogP contribution in [0.4, 0.5) is 0 Å². The second-order valence-corrected chi connectivity index (χ2v) is 6.98. The molecule has 0 saturated heterocycles. The SMILES string of the molecule is CCOC(=O)c1ccc(-c2ccc(/C=C(\C#N)C(=O)NC3CCCCC3)o2)cc1. The molecule has 1 aromatic carbocycles. The van der Waals surface area contributed by atoms with Crippen LogP contribution in [0.2, 0.25) is 0 Å². The van der Waals surface area contributed by atoms with Crippen LogP contribution >= 0.6 is 0 Å². The normalized spacial score (nSPS) is 14.8. The Labute approximate surface area is 170 Å². The molecule has 1 amide bonds. The third kappa shape index (κ3) is 5.35. The van der Waals surface area contributed by atoms with E-state index in [1.165, 1.54) is 12.5 Å². The molecule has 0 atom stereocenters. The molecule has 6 nitrogen and oxygen atoms in total. The Morgan fingerprint density at radius 3 is 2.55 bits per heavy atom. The summed E-state index contributed by atoms with van der Waals surface area (Å²) >= 11 is 0. The van der Waals surface area contributed by atoms with Gasteiger partial charge in [0.25, 0.3) is 5.91 Å². The highest BCUT2D eigenvalue weighted by Crippen LogP contribution is 2.24. The van der Waals surface area contributed by atoms with Gasteiger partial charge in [-0.05, 0) is 44.0 Å². The summed E-state index contributed by atoms with van der Waals surface area (Å²) in [5.74, 6) is 0.266. The van der Waals surface area contributed by atoms with Crippen LogP contribution in [-0.2, 0) is 9.53 Å². The van der Waals surface area contributed by atoms with Gasteiger partial charge in [0.1, 0.15) is 23.2 Å². The van der Waals surface area contributed by atoms with E-state index >= 15 is 0 Å². The average molecular weight is 392 g/mol. The largest absolute Gasteiger partial charge is 0.462 e. The number of nitrogens with zero attached hydrogens (tertiary/aromatic N) is 1. The molecule has 0 spiro atoms. The zero-order chi connectivity index (χ0) is 20.6. The van der Waals surface area contributed by atoms with Crippen molar-refractivity contribution < 1.29 is 18.7 Å². The van der Waals surface area contributed by atoms with Gasteiger partial charge in [-0.25, -0.2) is 4.79 Å². The number of carbonyl (C=O) groups excluding carboxylic acids is 2. The summed E-state index contributed by atoms with van der Waals surface area (Å²) in [7, 11) is 0. The Balaban J connectivity index is 1.70. The molecule has 3 rings (SSSR count). The molecule has 1 saturated carbocycles. The Hall–Kier alpha value is -3.33. The minimum atomic E-state index is -0.371. The smallest absolute Gasteiger partial charge is 0.338 e. The molecule has 1 N–H and O–H groups in total. The maximum absolute atomic E-state index is 12.4. The topological polar surface area (TPSA) is 92.3 Å². The number of nitrogens with one attached hydrogen (secondary N) is 1. The van der Waals surface area contributed by atoms with Gasteiger partial charge in [0, 0.05) is 17.7 Å². The summed E-state index contributed by atoms with van der Waals surface area (Å²) in [6, 6.07) is 12.4. The minimum Gasteiger partial charge on any atom is -0.462 e. The van der Waals surface area contributed by atoms with E-state index in [2.05, 4.69) is 5.32 Å². The molecular formula is C23H24N2O4. The van der Waals surface area contributed by atoms with Gasteiger partial charge < -0.3 is 14.5 Å². The molecule has 1 aliphatic carbocycles. The molecule has 150 valence electrons. The molecule has 1 fully saturated rings. The van der Waals surface area contributed by atoms with Crippen molar-refractivity contribution in [2.75, 3.05) is 6.61 Å². The summed E-state index contributed by atoms with van der Waals surface area (Å²) in [5.41, 5.74) is 1.27. The third-order valence-corrected chi connectivity index (χ3v) is 4.90. The zero-order valence-electron chi connectivity index (χ0n) is 16.4. The maximum Gasteiger partial charge on any atom is 0.338 e. The quantitative estimate of drug-likeness (QED) is 0.444. The van der Waals surface area contributed by atoms with Gasteiger partial charge in [-0.15, -0.1) is 0 Å². The number of esters is 1. The van der Waals surface area contributed by atoms with E-state index in [4.69, 9.17) is 9.15 Å². The van der Waals surface area contributed by atoms with E-state index in [0.717, 1.165) is 31.2 Å².